The second kappa shape index (κ2) is 15.4. The number of hydrogen-bond acceptors (Lipinski definition) is 6. The van der Waals surface area contributed by atoms with Gasteiger partial charge >= 0.3 is 5.97 Å². The number of esters is 1. The van der Waals surface area contributed by atoms with Gasteiger partial charge in [-0.2, -0.15) is 0 Å². The maximum absolute atomic E-state index is 12.7. The van der Waals surface area contributed by atoms with Crippen molar-refractivity contribution in [3.63, 3.8) is 0 Å². The van der Waals surface area contributed by atoms with Crippen molar-refractivity contribution < 1.29 is 19.1 Å². The topological polar surface area (TPSA) is 93.9 Å². The molecule has 9 heteroatoms. The van der Waals surface area contributed by atoms with E-state index in [-0.39, 0.29) is 30.6 Å². The quantitative estimate of drug-likeness (QED) is 0.185. The van der Waals surface area contributed by atoms with Crippen LogP contribution in [0.4, 0.5) is 0 Å². The summed E-state index contributed by atoms with van der Waals surface area (Å²) in [7, 11) is 0. The summed E-state index contributed by atoms with van der Waals surface area (Å²) in [6.07, 6.45) is 6.39. The fourth-order valence-electron chi connectivity index (χ4n) is 4.89. The highest BCUT2D eigenvalue weighted by Crippen LogP contribution is 2.29. The molecule has 1 aliphatic rings. The first-order valence-corrected chi connectivity index (χ1v) is 14.9. The van der Waals surface area contributed by atoms with Gasteiger partial charge in [-0.1, -0.05) is 85.4 Å². The third-order valence-corrected chi connectivity index (χ3v) is 7.93. The highest BCUT2D eigenvalue weighted by atomic mass is 35.5. The summed E-state index contributed by atoms with van der Waals surface area (Å²) in [5.74, 6) is -0.606. The molecule has 41 heavy (non-hydrogen) atoms. The largest absolute Gasteiger partial charge is 0.465 e. The van der Waals surface area contributed by atoms with Crippen LogP contribution in [0.25, 0.3) is 0 Å². The first-order chi connectivity index (χ1) is 19.5. The minimum atomic E-state index is -0.677. The number of amides is 1. The summed E-state index contributed by atoms with van der Waals surface area (Å²) < 4.78 is 11.6. The molecule has 3 N–H and O–H groups in total. The van der Waals surface area contributed by atoms with E-state index in [1.54, 1.807) is 6.92 Å². The second-order valence-electron chi connectivity index (χ2n) is 11.1. The van der Waals surface area contributed by atoms with Gasteiger partial charge in [0.1, 0.15) is 17.6 Å². The van der Waals surface area contributed by atoms with Gasteiger partial charge < -0.3 is 25.4 Å². The summed E-state index contributed by atoms with van der Waals surface area (Å²) in [6, 6.07) is 16.4. The molecule has 1 fully saturated rings. The molecule has 222 valence electrons. The normalized spacial score (nSPS) is 18.9. The number of thiocarbonyl (C=S) groups is 1. The molecular weight excluding hydrogens is 558 g/mol. The maximum atomic E-state index is 12.7. The van der Waals surface area contributed by atoms with Crippen molar-refractivity contribution in [1.29, 1.82) is 0 Å². The van der Waals surface area contributed by atoms with Crippen LogP contribution in [0, 0.1) is 5.41 Å². The third-order valence-electron chi connectivity index (χ3n) is 7.21. The zero-order valence-corrected chi connectivity index (χ0v) is 25.9. The van der Waals surface area contributed by atoms with Crippen molar-refractivity contribution in [2.24, 2.45) is 11.1 Å². The average Bonchev–Trinajstić information content (AvgIpc) is 3.41. The smallest absolute Gasteiger partial charge is 0.302 e. The Labute approximate surface area is 254 Å². The van der Waals surface area contributed by atoms with Crippen molar-refractivity contribution >= 4 is 40.7 Å². The number of likely N-dealkylation sites (tertiary alicyclic amines) is 1. The fraction of sp³-hybridized carbons (Fsp3) is 0.469. The highest BCUT2D eigenvalue weighted by molar-refractivity contribution is 7.80. The summed E-state index contributed by atoms with van der Waals surface area (Å²) in [5.41, 5.74) is 7.52. The predicted molar refractivity (Wildman–Crippen MR) is 168 cm³/mol. The molecule has 2 aromatic rings. The molecule has 0 spiro atoms. The summed E-state index contributed by atoms with van der Waals surface area (Å²) in [6.45, 7) is 8.45. The summed E-state index contributed by atoms with van der Waals surface area (Å²) in [5, 5.41) is 3.69. The van der Waals surface area contributed by atoms with Gasteiger partial charge in [-0.15, -0.1) is 0 Å². The number of nitrogens with one attached hydrogen (secondary N) is 1. The van der Waals surface area contributed by atoms with E-state index in [9.17, 15) is 9.59 Å². The monoisotopic (exact) mass is 599 g/mol. The van der Waals surface area contributed by atoms with Crippen molar-refractivity contribution in [1.82, 2.24) is 10.2 Å². The Morgan fingerprint density at radius 1 is 1.20 bits per heavy atom. The summed E-state index contributed by atoms with van der Waals surface area (Å²) in [4.78, 5) is 27.1. The predicted octanol–water partition coefficient (Wildman–Crippen LogP) is 5.24. The highest BCUT2D eigenvalue weighted by Gasteiger charge is 2.34. The van der Waals surface area contributed by atoms with E-state index in [1.165, 1.54) is 6.92 Å². The van der Waals surface area contributed by atoms with Crippen LogP contribution in [-0.2, 0) is 32.1 Å². The van der Waals surface area contributed by atoms with Crippen LogP contribution in [-0.4, -0.2) is 59.1 Å². The van der Waals surface area contributed by atoms with Crippen molar-refractivity contribution in [3.05, 3.63) is 82.9 Å². The third kappa shape index (κ3) is 10.2. The van der Waals surface area contributed by atoms with E-state index < -0.39 is 17.5 Å². The summed E-state index contributed by atoms with van der Waals surface area (Å²) >= 11 is 12.2. The molecule has 1 heterocycles. The number of hydrogen-bond donors (Lipinski definition) is 2. The molecule has 1 saturated heterocycles. The van der Waals surface area contributed by atoms with Gasteiger partial charge in [0.25, 0.3) is 0 Å². The molecule has 0 bridgehead atoms. The molecule has 1 aliphatic heterocycles. The molecule has 5 atom stereocenters. The lowest BCUT2D eigenvalue weighted by atomic mass is 9.83. The SMILES string of the molecule is CC(=O)OC[C@@](C)(/C=C/C1CCCN1C(=S)C(NC(=O)C(C)N)C(C)OCc1ccccc1)Cc1cccc(Cl)c1. The van der Waals surface area contributed by atoms with E-state index in [0.29, 0.717) is 23.0 Å². The zero-order chi connectivity index (χ0) is 30.0. The van der Waals surface area contributed by atoms with Gasteiger partial charge in [0, 0.05) is 29.9 Å². The number of benzene rings is 2. The van der Waals surface area contributed by atoms with Gasteiger partial charge in [-0.3, -0.25) is 9.59 Å². The standard InChI is InChI=1S/C32H42ClN3O4S/c1-22(34)30(38)35-29(23(2)39-20-25-10-6-5-7-11-25)31(41)36-17-9-14-28(36)15-16-32(4,21-40-24(3)37)19-26-12-8-13-27(33)18-26/h5-8,10-13,15-16,18,22-23,28-29H,9,14,17,19-21,34H2,1-4H3,(H,35,38)/b16-15+/t22?,23?,28?,29?,32-/m0/s1. The number of nitrogens with two attached hydrogens (primary N) is 1. The zero-order valence-electron chi connectivity index (χ0n) is 24.3. The van der Waals surface area contributed by atoms with Crippen molar-refractivity contribution in [2.75, 3.05) is 13.2 Å². The Hall–Kier alpha value is -2.78. The maximum Gasteiger partial charge on any atom is 0.302 e. The number of carbonyl (C=O) groups excluding carboxylic acids is 2. The molecule has 3 rings (SSSR count). The first-order valence-electron chi connectivity index (χ1n) is 14.1. The molecule has 0 saturated carbocycles. The van der Waals surface area contributed by atoms with Gasteiger partial charge in [0.2, 0.25) is 5.91 Å². The Morgan fingerprint density at radius 2 is 1.90 bits per heavy atom. The molecule has 4 unspecified atom stereocenters. The molecule has 7 nitrogen and oxygen atoms in total. The Balaban J connectivity index is 1.79. The van der Waals surface area contributed by atoms with Crippen molar-refractivity contribution in [2.45, 2.75) is 77.8 Å². The second-order valence-corrected chi connectivity index (χ2v) is 12.0. The van der Waals surface area contributed by atoms with E-state index >= 15 is 0 Å². The number of carbonyl (C=O) groups is 2. The van der Waals surface area contributed by atoms with Crippen LogP contribution in [0.15, 0.2) is 66.7 Å². The van der Waals surface area contributed by atoms with Crippen molar-refractivity contribution in [3.8, 4) is 0 Å². The van der Waals surface area contributed by atoms with Gasteiger partial charge in [-0.25, -0.2) is 0 Å². The average molecular weight is 600 g/mol. The van der Waals surface area contributed by atoms with Gasteiger partial charge in [0.05, 0.1) is 18.8 Å². The van der Waals surface area contributed by atoms with Gasteiger partial charge in [0.15, 0.2) is 0 Å². The lowest BCUT2D eigenvalue weighted by Crippen LogP contribution is -2.56. The molecule has 0 aromatic heterocycles. The number of nitrogens with zero attached hydrogens (tertiary/aromatic N) is 1. The molecule has 2 aromatic carbocycles. The van der Waals surface area contributed by atoms with Crippen LogP contribution >= 0.6 is 23.8 Å². The Bertz CT molecular complexity index is 1210. The van der Waals surface area contributed by atoms with Crippen LogP contribution in [0.1, 0.15) is 51.7 Å². The van der Waals surface area contributed by atoms with Crippen LogP contribution in [0.5, 0.6) is 0 Å². The Morgan fingerprint density at radius 3 is 2.56 bits per heavy atom. The first kappa shape index (κ1) is 32.7. The van der Waals surface area contributed by atoms with E-state index in [1.807, 2.05) is 61.5 Å². The number of rotatable bonds is 13. The molecule has 0 aliphatic carbocycles. The van der Waals surface area contributed by atoms with Crippen LogP contribution in [0.3, 0.4) is 0 Å². The minimum Gasteiger partial charge on any atom is -0.465 e. The minimum absolute atomic E-state index is 0.0227. The molecule has 0 radical (unpaired) electrons. The van der Waals surface area contributed by atoms with E-state index in [4.69, 9.17) is 39.0 Å². The lowest BCUT2D eigenvalue weighted by Gasteiger charge is -2.34. The fourth-order valence-corrected chi connectivity index (χ4v) is 5.58. The Kier molecular flexibility index (Phi) is 12.3. The van der Waals surface area contributed by atoms with E-state index in [2.05, 4.69) is 29.3 Å². The number of halogens is 1. The lowest BCUT2D eigenvalue weighted by molar-refractivity contribution is -0.143. The molecular formula is C32H42ClN3O4S. The number of ether oxygens (including phenoxy) is 2. The van der Waals surface area contributed by atoms with Crippen LogP contribution in [0.2, 0.25) is 5.02 Å². The molecule has 1 amide bonds. The van der Waals surface area contributed by atoms with Crippen LogP contribution < -0.4 is 11.1 Å². The van der Waals surface area contributed by atoms with Gasteiger partial charge in [-0.05, 0) is 56.4 Å². The van der Waals surface area contributed by atoms with E-state index in [0.717, 1.165) is 30.5 Å².